The maximum Gasteiger partial charge on any atom is 0.253 e. The van der Waals surface area contributed by atoms with E-state index in [4.69, 9.17) is 23.2 Å². The molecule has 2 rings (SSSR count). The van der Waals surface area contributed by atoms with Gasteiger partial charge in [0.25, 0.3) is 11.8 Å². The van der Waals surface area contributed by atoms with Gasteiger partial charge in [-0.1, -0.05) is 40.9 Å². The standard InChI is InChI=1S/C15H18Cl2N2O2/c1-10-3-2-4-11(9-10)15(21)19-7-5-12(6-8-19)18-14(20)13(16)17/h2-4,9,12-13H,5-8H2,1H3,(H,18,20). The lowest BCUT2D eigenvalue weighted by atomic mass is 10.0. The summed E-state index contributed by atoms with van der Waals surface area (Å²) in [7, 11) is 0. The van der Waals surface area contributed by atoms with Crippen molar-refractivity contribution in [3.8, 4) is 0 Å². The zero-order valence-electron chi connectivity index (χ0n) is 11.8. The molecule has 114 valence electrons. The molecule has 0 bridgehead atoms. The highest BCUT2D eigenvalue weighted by atomic mass is 35.5. The number of halogens is 2. The normalized spacial score (nSPS) is 16.1. The van der Waals surface area contributed by atoms with Gasteiger partial charge in [0.2, 0.25) is 0 Å². The number of carbonyl (C=O) groups is 2. The molecule has 0 aliphatic carbocycles. The molecule has 1 fully saturated rings. The summed E-state index contributed by atoms with van der Waals surface area (Å²) >= 11 is 11.0. The number of hydrogen-bond acceptors (Lipinski definition) is 2. The van der Waals surface area contributed by atoms with E-state index < -0.39 is 4.84 Å². The Hall–Kier alpha value is -1.26. The van der Waals surface area contributed by atoms with E-state index in [1.807, 2.05) is 36.1 Å². The number of carbonyl (C=O) groups excluding carboxylic acids is 2. The maximum atomic E-state index is 12.4. The summed E-state index contributed by atoms with van der Waals surface area (Å²) in [6, 6.07) is 7.60. The summed E-state index contributed by atoms with van der Waals surface area (Å²) in [5, 5.41) is 2.79. The molecule has 0 unspecified atom stereocenters. The van der Waals surface area contributed by atoms with Crippen molar-refractivity contribution in [3.63, 3.8) is 0 Å². The van der Waals surface area contributed by atoms with E-state index in [-0.39, 0.29) is 17.9 Å². The largest absolute Gasteiger partial charge is 0.351 e. The Kier molecular flexibility index (Phi) is 5.48. The van der Waals surface area contributed by atoms with Crippen LogP contribution in [0.4, 0.5) is 0 Å². The number of amides is 2. The van der Waals surface area contributed by atoms with Crippen LogP contribution in [0.25, 0.3) is 0 Å². The fourth-order valence-corrected chi connectivity index (χ4v) is 2.58. The van der Waals surface area contributed by atoms with Crippen LogP contribution in [-0.4, -0.2) is 40.7 Å². The third-order valence-electron chi connectivity index (χ3n) is 3.59. The van der Waals surface area contributed by atoms with E-state index in [1.165, 1.54) is 0 Å². The molecule has 1 aromatic rings. The van der Waals surface area contributed by atoms with E-state index in [2.05, 4.69) is 5.32 Å². The van der Waals surface area contributed by atoms with Crippen LogP contribution in [0, 0.1) is 6.92 Å². The Morgan fingerprint density at radius 1 is 1.29 bits per heavy atom. The van der Waals surface area contributed by atoms with Gasteiger partial charge in [0.15, 0.2) is 4.84 Å². The molecule has 4 nitrogen and oxygen atoms in total. The zero-order valence-corrected chi connectivity index (χ0v) is 13.3. The molecular formula is C15H18Cl2N2O2. The van der Waals surface area contributed by atoms with Crippen LogP contribution in [0.5, 0.6) is 0 Å². The van der Waals surface area contributed by atoms with Gasteiger partial charge in [0.05, 0.1) is 0 Å². The fourth-order valence-electron chi connectivity index (χ4n) is 2.45. The number of nitrogens with one attached hydrogen (secondary N) is 1. The SMILES string of the molecule is Cc1cccc(C(=O)N2CCC(NC(=O)C(Cl)Cl)CC2)c1. The summed E-state index contributed by atoms with van der Waals surface area (Å²) in [6.07, 6.45) is 1.42. The first kappa shape index (κ1) is 16.1. The van der Waals surface area contributed by atoms with Gasteiger partial charge in [-0.05, 0) is 31.9 Å². The molecular weight excluding hydrogens is 311 g/mol. The Bertz CT molecular complexity index is 526. The van der Waals surface area contributed by atoms with Crippen LogP contribution in [0.2, 0.25) is 0 Å². The van der Waals surface area contributed by atoms with Crippen molar-refractivity contribution < 1.29 is 9.59 Å². The first-order valence-electron chi connectivity index (χ1n) is 6.92. The van der Waals surface area contributed by atoms with Crippen LogP contribution in [-0.2, 0) is 4.79 Å². The van der Waals surface area contributed by atoms with Gasteiger partial charge >= 0.3 is 0 Å². The Balaban J connectivity index is 1.89. The van der Waals surface area contributed by atoms with Gasteiger partial charge in [-0.3, -0.25) is 9.59 Å². The molecule has 0 spiro atoms. The number of benzene rings is 1. The minimum atomic E-state index is -1.04. The predicted molar refractivity (Wildman–Crippen MR) is 83.7 cm³/mol. The average Bonchev–Trinajstić information content (AvgIpc) is 2.47. The molecule has 1 heterocycles. The molecule has 2 amide bonds. The lowest BCUT2D eigenvalue weighted by molar-refractivity contribution is -0.120. The first-order chi connectivity index (χ1) is 9.97. The second-order valence-corrected chi connectivity index (χ2v) is 6.34. The number of piperidine rings is 1. The van der Waals surface area contributed by atoms with Crippen LogP contribution in [0.15, 0.2) is 24.3 Å². The minimum absolute atomic E-state index is 0.0269. The molecule has 1 N–H and O–H groups in total. The smallest absolute Gasteiger partial charge is 0.253 e. The lowest BCUT2D eigenvalue weighted by Gasteiger charge is -2.32. The molecule has 1 aliphatic rings. The quantitative estimate of drug-likeness (QED) is 0.867. The van der Waals surface area contributed by atoms with E-state index in [1.54, 1.807) is 0 Å². The minimum Gasteiger partial charge on any atom is -0.351 e. The number of alkyl halides is 2. The Morgan fingerprint density at radius 3 is 2.52 bits per heavy atom. The van der Waals surface area contributed by atoms with Gasteiger partial charge in [-0.15, -0.1) is 0 Å². The van der Waals surface area contributed by atoms with Crippen molar-refractivity contribution >= 4 is 35.0 Å². The monoisotopic (exact) mass is 328 g/mol. The second kappa shape index (κ2) is 7.14. The first-order valence-corrected chi connectivity index (χ1v) is 7.79. The van der Waals surface area contributed by atoms with E-state index in [9.17, 15) is 9.59 Å². The topological polar surface area (TPSA) is 49.4 Å². The summed E-state index contributed by atoms with van der Waals surface area (Å²) < 4.78 is 0. The van der Waals surface area contributed by atoms with Crippen molar-refractivity contribution in [1.29, 1.82) is 0 Å². The molecule has 21 heavy (non-hydrogen) atoms. The fraction of sp³-hybridized carbons (Fsp3) is 0.467. The van der Waals surface area contributed by atoms with Crippen LogP contribution in [0.1, 0.15) is 28.8 Å². The molecule has 1 aliphatic heterocycles. The zero-order chi connectivity index (χ0) is 15.4. The predicted octanol–water partition coefficient (Wildman–Crippen LogP) is 2.52. The number of nitrogens with zero attached hydrogens (tertiary/aromatic N) is 1. The van der Waals surface area contributed by atoms with Crippen molar-refractivity contribution in [2.45, 2.75) is 30.6 Å². The van der Waals surface area contributed by atoms with Crippen LogP contribution < -0.4 is 5.32 Å². The Labute approximate surface area is 134 Å². The van der Waals surface area contributed by atoms with Crippen molar-refractivity contribution in [1.82, 2.24) is 10.2 Å². The molecule has 1 saturated heterocycles. The van der Waals surface area contributed by atoms with E-state index in [0.717, 1.165) is 5.56 Å². The molecule has 0 saturated carbocycles. The van der Waals surface area contributed by atoms with E-state index >= 15 is 0 Å². The number of hydrogen-bond donors (Lipinski definition) is 1. The molecule has 1 aromatic carbocycles. The highest BCUT2D eigenvalue weighted by Crippen LogP contribution is 2.15. The summed E-state index contributed by atoms with van der Waals surface area (Å²) in [5.41, 5.74) is 1.78. The van der Waals surface area contributed by atoms with Crippen LogP contribution in [0.3, 0.4) is 0 Å². The third kappa shape index (κ3) is 4.35. The van der Waals surface area contributed by atoms with Crippen molar-refractivity contribution in [2.24, 2.45) is 0 Å². The molecule has 0 aromatic heterocycles. The second-order valence-electron chi connectivity index (χ2n) is 5.25. The highest BCUT2D eigenvalue weighted by Gasteiger charge is 2.25. The van der Waals surface area contributed by atoms with E-state index in [0.29, 0.717) is 31.5 Å². The lowest BCUT2D eigenvalue weighted by Crippen LogP contribution is -2.47. The average molecular weight is 329 g/mol. The number of likely N-dealkylation sites (tertiary alicyclic amines) is 1. The van der Waals surface area contributed by atoms with Gasteiger partial charge in [0, 0.05) is 24.7 Å². The summed E-state index contributed by atoms with van der Waals surface area (Å²) in [4.78, 5) is 24.6. The Morgan fingerprint density at radius 2 is 1.95 bits per heavy atom. The third-order valence-corrected chi connectivity index (χ3v) is 3.99. The molecule has 0 radical (unpaired) electrons. The summed E-state index contributed by atoms with van der Waals surface area (Å²) in [6.45, 7) is 3.20. The van der Waals surface area contributed by atoms with Gasteiger partial charge in [-0.2, -0.15) is 0 Å². The number of rotatable bonds is 3. The molecule has 6 heteroatoms. The van der Waals surface area contributed by atoms with Crippen molar-refractivity contribution in [3.05, 3.63) is 35.4 Å². The highest BCUT2D eigenvalue weighted by molar-refractivity contribution is 6.53. The van der Waals surface area contributed by atoms with Gasteiger partial charge in [0.1, 0.15) is 0 Å². The maximum absolute atomic E-state index is 12.4. The van der Waals surface area contributed by atoms with Gasteiger partial charge in [-0.25, -0.2) is 0 Å². The summed E-state index contributed by atoms with van der Waals surface area (Å²) in [5.74, 6) is -0.335. The van der Waals surface area contributed by atoms with Crippen LogP contribution >= 0.6 is 23.2 Å². The molecule has 0 atom stereocenters. The van der Waals surface area contributed by atoms with Gasteiger partial charge < -0.3 is 10.2 Å². The number of aryl methyl sites for hydroxylation is 1. The van der Waals surface area contributed by atoms with Crippen molar-refractivity contribution in [2.75, 3.05) is 13.1 Å².